The third kappa shape index (κ3) is 4.80. The first-order valence-corrected chi connectivity index (χ1v) is 9.73. The summed E-state index contributed by atoms with van der Waals surface area (Å²) >= 11 is 6.03. The number of sulfonamides is 1. The number of hydrogen-bond donors (Lipinski definition) is 1. The molecule has 0 aliphatic carbocycles. The largest absolute Gasteiger partial charge is 0.495 e. The van der Waals surface area contributed by atoms with Gasteiger partial charge in [-0.3, -0.25) is 9.10 Å². The number of nitrogens with zero attached hydrogens (tertiary/aromatic N) is 1. The van der Waals surface area contributed by atoms with Gasteiger partial charge in [-0.25, -0.2) is 8.42 Å². The maximum absolute atomic E-state index is 12.4. The van der Waals surface area contributed by atoms with Crippen molar-refractivity contribution in [3.05, 3.63) is 47.5 Å². The van der Waals surface area contributed by atoms with Gasteiger partial charge in [0.2, 0.25) is 15.9 Å². The smallest absolute Gasteiger partial charge is 0.245 e. The minimum atomic E-state index is -3.71. The van der Waals surface area contributed by atoms with Gasteiger partial charge in [-0.2, -0.15) is 0 Å². The van der Waals surface area contributed by atoms with Crippen molar-refractivity contribution in [3.63, 3.8) is 0 Å². The fourth-order valence-electron chi connectivity index (χ4n) is 2.29. The van der Waals surface area contributed by atoms with Crippen molar-refractivity contribution in [2.45, 2.75) is 0 Å². The lowest BCUT2D eigenvalue weighted by Crippen LogP contribution is -2.37. The molecule has 9 heteroatoms. The number of para-hydroxylation sites is 2. The monoisotopic (exact) mass is 398 g/mol. The van der Waals surface area contributed by atoms with Crippen LogP contribution in [0.2, 0.25) is 5.02 Å². The molecule has 2 aromatic rings. The van der Waals surface area contributed by atoms with Gasteiger partial charge >= 0.3 is 0 Å². The highest BCUT2D eigenvalue weighted by molar-refractivity contribution is 7.92. The van der Waals surface area contributed by atoms with Crippen LogP contribution < -0.4 is 19.1 Å². The highest BCUT2D eigenvalue weighted by atomic mass is 35.5. The number of halogens is 1. The summed E-state index contributed by atoms with van der Waals surface area (Å²) in [5.41, 5.74) is 0.703. The zero-order valence-electron chi connectivity index (χ0n) is 14.5. The first kappa shape index (κ1) is 19.9. The Morgan fingerprint density at radius 3 is 2.35 bits per heavy atom. The predicted molar refractivity (Wildman–Crippen MR) is 102 cm³/mol. The van der Waals surface area contributed by atoms with E-state index in [1.165, 1.54) is 20.3 Å². The van der Waals surface area contributed by atoms with Crippen molar-refractivity contribution < 1.29 is 22.7 Å². The minimum absolute atomic E-state index is 0.278. The molecule has 0 fully saturated rings. The van der Waals surface area contributed by atoms with Crippen molar-refractivity contribution in [3.8, 4) is 11.5 Å². The van der Waals surface area contributed by atoms with Gasteiger partial charge in [0, 0.05) is 5.69 Å². The van der Waals surface area contributed by atoms with Crippen LogP contribution in [0.1, 0.15) is 0 Å². The van der Waals surface area contributed by atoms with E-state index >= 15 is 0 Å². The van der Waals surface area contributed by atoms with Crippen LogP contribution in [0.4, 0.5) is 11.4 Å². The Hall–Kier alpha value is -2.45. The molecule has 7 nitrogen and oxygen atoms in total. The molecule has 1 N–H and O–H groups in total. The van der Waals surface area contributed by atoms with Gasteiger partial charge in [0.15, 0.2) is 0 Å². The molecule has 0 radical (unpaired) electrons. The molecule has 0 aliphatic heterocycles. The number of rotatable bonds is 7. The average Bonchev–Trinajstić information content (AvgIpc) is 2.59. The molecule has 2 aromatic carbocycles. The van der Waals surface area contributed by atoms with Crippen LogP contribution in [-0.2, 0) is 14.8 Å². The number of nitrogens with one attached hydrogen (secondary N) is 1. The summed E-state index contributed by atoms with van der Waals surface area (Å²) in [4.78, 5) is 12.4. The Labute approximate surface area is 157 Å². The number of carbonyl (C=O) groups is 1. The average molecular weight is 399 g/mol. The van der Waals surface area contributed by atoms with Crippen LogP contribution in [0.5, 0.6) is 11.5 Å². The number of hydrogen-bond acceptors (Lipinski definition) is 5. The van der Waals surface area contributed by atoms with Crippen LogP contribution in [-0.4, -0.2) is 41.3 Å². The lowest BCUT2D eigenvalue weighted by Gasteiger charge is -2.23. The van der Waals surface area contributed by atoms with Crippen molar-refractivity contribution in [1.29, 1.82) is 0 Å². The van der Waals surface area contributed by atoms with Crippen molar-refractivity contribution in [1.82, 2.24) is 0 Å². The van der Waals surface area contributed by atoms with Gasteiger partial charge in [-0.05, 0) is 30.3 Å². The molecule has 0 atom stereocenters. The number of amides is 1. The standard InChI is InChI=1S/C17H19ClN2O5S/c1-24-15-9-8-12(10-13(15)18)19-17(21)11-20(26(3,22)23)14-6-4-5-7-16(14)25-2/h4-10H,11H2,1-3H3,(H,19,21). The summed E-state index contributed by atoms with van der Waals surface area (Å²) in [6.45, 7) is -0.414. The molecule has 0 aliphatic rings. The quantitative estimate of drug-likeness (QED) is 0.775. The first-order chi connectivity index (χ1) is 12.3. The normalized spacial score (nSPS) is 10.9. The van der Waals surface area contributed by atoms with E-state index < -0.39 is 22.5 Å². The molecule has 26 heavy (non-hydrogen) atoms. The number of ether oxygens (including phenoxy) is 2. The fraction of sp³-hybridized carbons (Fsp3) is 0.235. The van der Waals surface area contributed by atoms with Crippen LogP contribution in [0.25, 0.3) is 0 Å². The van der Waals surface area contributed by atoms with E-state index in [1.54, 1.807) is 36.4 Å². The number of anilines is 2. The number of methoxy groups -OCH3 is 2. The van der Waals surface area contributed by atoms with Crippen LogP contribution >= 0.6 is 11.6 Å². The maximum atomic E-state index is 12.4. The fourth-order valence-corrected chi connectivity index (χ4v) is 3.41. The summed E-state index contributed by atoms with van der Waals surface area (Å²) in [5, 5.41) is 2.95. The minimum Gasteiger partial charge on any atom is -0.495 e. The molecule has 0 saturated heterocycles. The molecule has 0 aromatic heterocycles. The van der Waals surface area contributed by atoms with E-state index in [2.05, 4.69) is 5.32 Å². The van der Waals surface area contributed by atoms with Gasteiger partial charge in [-0.15, -0.1) is 0 Å². The summed E-state index contributed by atoms with van der Waals surface area (Å²) in [6.07, 6.45) is 1.02. The third-order valence-electron chi connectivity index (χ3n) is 3.48. The SMILES string of the molecule is COc1ccc(NC(=O)CN(c2ccccc2OC)S(C)(=O)=O)cc1Cl. The molecule has 0 unspecified atom stereocenters. The second kappa shape index (κ2) is 8.29. The lowest BCUT2D eigenvalue weighted by atomic mass is 10.3. The molecular formula is C17H19ClN2O5S. The molecule has 0 spiro atoms. The van der Waals surface area contributed by atoms with Crippen molar-refractivity contribution in [2.75, 3.05) is 36.6 Å². The number of benzene rings is 2. The molecule has 0 saturated carbocycles. The highest BCUT2D eigenvalue weighted by Crippen LogP contribution is 2.30. The van der Waals surface area contributed by atoms with E-state index in [4.69, 9.17) is 21.1 Å². The van der Waals surface area contributed by atoms with Gasteiger partial charge in [0.1, 0.15) is 18.0 Å². The highest BCUT2D eigenvalue weighted by Gasteiger charge is 2.23. The zero-order valence-corrected chi connectivity index (χ0v) is 16.1. The summed E-state index contributed by atoms with van der Waals surface area (Å²) in [5.74, 6) is 0.289. The van der Waals surface area contributed by atoms with Gasteiger partial charge in [0.05, 0.1) is 31.2 Å². The third-order valence-corrected chi connectivity index (χ3v) is 4.90. The van der Waals surface area contributed by atoms with E-state index in [0.29, 0.717) is 22.2 Å². The van der Waals surface area contributed by atoms with Crippen LogP contribution in [0, 0.1) is 0 Å². The summed E-state index contributed by atoms with van der Waals surface area (Å²) in [7, 11) is -0.798. The Bertz CT molecular complexity index is 902. The van der Waals surface area contributed by atoms with Gasteiger partial charge in [-0.1, -0.05) is 23.7 Å². The number of carbonyl (C=O) groups excluding carboxylic acids is 1. The van der Waals surface area contributed by atoms with Crippen molar-refractivity contribution in [2.24, 2.45) is 0 Å². The predicted octanol–water partition coefficient (Wildman–Crippen LogP) is 2.76. The Balaban J connectivity index is 2.24. The molecule has 1 amide bonds. The van der Waals surface area contributed by atoms with Crippen molar-refractivity contribution >= 4 is 38.9 Å². The topological polar surface area (TPSA) is 84.9 Å². The summed E-state index contributed by atoms with van der Waals surface area (Å²) in [6, 6.07) is 11.3. The van der Waals surface area contributed by atoms with E-state index in [1.807, 2.05) is 0 Å². The van der Waals surface area contributed by atoms with Gasteiger partial charge < -0.3 is 14.8 Å². The molecule has 140 valence electrons. The first-order valence-electron chi connectivity index (χ1n) is 7.50. The van der Waals surface area contributed by atoms with Crippen LogP contribution in [0.15, 0.2) is 42.5 Å². The van der Waals surface area contributed by atoms with E-state index in [0.717, 1.165) is 10.6 Å². The lowest BCUT2D eigenvalue weighted by molar-refractivity contribution is -0.114. The van der Waals surface area contributed by atoms with E-state index in [9.17, 15) is 13.2 Å². The maximum Gasteiger partial charge on any atom is 0.245 e. The Morgan fingerprint density at radius 1 is 1.12 bits per heavy atom. The molecule has 0 heterocycles. The molecule has 2 rings (SSSR count). The van der Waals surface area contributed by atoms with E-state index in [-0.39, 0.29) is 5.69 Å². The second-order valence-electron chi connectivity index (χ2n) is 5.34. The Kier molecular flexibility index (Phi) is 6.33. The summed E-state index contributed by atoms with van der Waals surface area (Å²) < 4.78 is 35.6. The Morgan fingerprint density at radius 2 is 1.77 bits per heavy atom. The molecular weight excluding hydrogens is 380 g/mol. The zero-order chi connectivity index (χ0) is 19.3. The second-order valence-corrected chi connectivity index (χ2v) is 7.65. The van der Waals surface area contributed by atoms with Crippen LogP contribution in [0.3, 0.4) is 0 Å². The molecule has 0 bridgehead atoms. The van der Waals surface area contributed by atoms with Gasteiger partial charge in [0.25, 0.3) is 0 Å².